The first-order valence-corrected chi connectivity index (χ1v) is 10.1. The molecule has 0 fully saturated rings. The number of oxazole rings is 1. The second kappa shape index (κ2) is 7.64. The highest BCUT2D eigenvalue weighted by atomic mass is 32.2. The van der Waals surface area contributed by atoms with Crippen molar-refractivity contribution in [2.24, 2.45) is 7.05 Å². The molecule has 2 aromatic carbocycles. The SMILES string of the molecule is Cc1cccc(-c2nnc(SCc3coc(-c4ccc(C)cc4C)n3)n2C)c1. The quantitative estimate of drug-likeness (QED) is 0.430. The Morgan fingerprint density at radius 2 is 1.82 bits per heavy atom. The van der Waals surface area contributed by atoms with Crippen LogP contribution in [-0.2, 0) is 12.8 Å². The molecule has 0 aliphatic rings. The maximum Gasteiger partial charge on any atom is 0.226 e. The molecule has 0 N–H and O–H groups in total. The number of benzene rings is 2. The molecular formula is C22H22N4OS. The van der Waals surface area contributed by atoms with Gasteiger partial charge in [0.15, 0.2) is 11.0 Å². The van der Waals surface area contributed by atoms with Gasteiger partial charge in [0.05, 0.1) is 5.69 Å². The molecule has 6 heteroatoms. The maximum atomic E-state index is 5.71. The number of aryl methyl sites for hydroxylation is 3. The number of thioether (sulfide) groups is 1. The minimum absolute atomic E-state index is 0.659. The number of aromatic nitrogens is 4. The number of hydrogen-bond donors (Lipinski definition) is 0. The molecule has 0 radical (unpaired) electrons. The summed E-state index contributed by atoms with van der Waals surface area (Å²) in [7, 11) is 1.99. The van der Waals surface area contributed by atoms with Crippen LogP contribution in [0.2, 0.25) is 0 Å². The van der Waals surface area contributed by atoms with E-state index in [-0.39, 0.29) is 0 Å². The van der Waals surface area contributed by atoms with E-state index >= 15 is 0 Å². The van der Waals surface area contributed by atoms with E-state index in [0.717, 1.165) is 33.4 Å². The van der Waals surface area contributed by atoms with Crippen molar-refractivity contribution in [1.29, 1.82) is 0 Å². The monoisotopic (exact) mass is 390 g/mol. The highest BCUT2D eigenvalue weighted by Crippen LogP contribution is 2.28. The second-order valence-electron chi connectivity index (χ2n) is 6.99. The van der Waals surface area contributed by atoms with Gasteiger partial charge in [-0.15, -0.1) is 10.2 Å². The summed E-state index contributed by atoms with van der Waals surface area (Å²) in [5.41, 5.74) is 6.59. The van der Waals surface area contributed by atoms with E-state index in [0.29, 0.717) is 11.6 Å². The molecule has 4 aromatic rings. The molecule has 2 aromatic heterocycles. The van der Waals surface area contributed by atoms with Crippen LogP contribution >= 0.6 is 11.8 Å². The van der Waals surface area contributed by atoms with Crippen LogP contribution in [0.4, 0.5) is 0 Å². The van der Waals surface area contributed by atoms with Crippen LogP contribution in [-0.4, -0.2) is 19.7 Å². The summed E-state index contributed by atoms with van der Waals surface area (Å²) < 4.78 is 7.73. The highest BCUT2D eigenvalue weighted by molar-refractivity contribution is 7.98. The number of nitrogens with zero attached hydrogens (tertiary/aromatic N) is 4. The van der Waals surface area contributed by atoms with E-state index < -0.39 is 0 Å². The lowest BCUT2D eigenvalue weighted by Gasteiger charge is -2.04. The molecule has 0 aliphatic carbocycles. The van der Waals surface area contributed by atoms with Crippen LogP contribution in [0.5, 0.6) is 0 Å². The fraction of sp³-hybridized carbons (Fsp3) is 0.227. The summed E-state index contributed by atoms with van der Waals surface area (Å²) in [6.07, 6.45) is 1.72. The van der Waals surface area contributed by atoms with Crippen LogP contribution in [0.3, 0.4) is 0 Å². The van der Waals surface area contributed by atoms with Crippen molar-refractivity contribution >= 4 is 11.8 Å². The van der Waals surface area contributed by atoms with E-state index in [2.05, 4.69) is 72.4 Å². The third-order valence-electron chi connectivity index (χ3n) is 4.62. The van der Waals surface area contributed by atoms with E-state index in [1.54, 1.807) is 18.0 Å². The third kappa shape index (κ3) is 3.73. The molecule has 2 heterocycles. The zero-order valence-electron chi connectivity index (χ0n) is 16.4. The minimum atomic E-state index is 0.659. The Morgan fingerprint density at radius 3 is 2.61 bits per heavy atom. The molecule has 5 nitrogen and oxygen atoms in total. The Labute approximate surface area is 168 Å². The van der Waals surface area contributed by atoms with Crippen molar-refractivity contribution in [1.82, 2.24) is 19.7 Å². The Morgan fingerprint density at radius 1 is 1.00 bits per heavy atom. The lowest BCUT2D eigenvalue weighted by molar-refractivity contribution is 0.573. The molecule has 142 valence electrons. The van der Waals surface area contributed by atoms with Gasteiger partial charge in [-0.25, -0.2) is 4.98 Å². The Hall–Kier alpha value is -2.86. The summed E-state index contributed by atoms with van der Waals surface area (Å²) in [4.78, 5) is 4.65. The predicted octanol–water partition coefficient (Wildman–Crippen LogP) is 5.35. The Balaban J connectivity index is 1.49. The fourth-order valence-electron chi connectivity index (χ4n) is 3.17. The first-order chi connectivity index (χ1) is 13.5. The van der Waals surface area contributed by atoms with Crippen molar-refractivity contribution < 1.29 is 4.42 Å². The Kier molecular flexibility index (Phi) is 5.05. The van der Waals surface area contributed by atoms with Gasteiger partial charge in [0.2, 0.25) is 5.89 Å². The summed E-state index contributed by atoms with van der Waals surface area (Å²) in [5.74, 6) is 2.20. The topological polar surface area (TPSA) is 56.7 Å². The van der Waals surface area contributed by atoms with Gasteiger partial charge in [-0.3, -0.25) is 0 Å². The van der Waals surface area contributed by atoms with Gasteiger partial charge in [-0.2, -0.15) is 0 Å². The van der Waals surface area contributed by atoms with Gasteiger partial charge in [-0.1, -0.05) is 53.2 Å². The van der Waals surface area contributed by atoms with Crippen molar-refractivity contribution in [3.63, 3.8) is 0 Å². The van der Waals surface area contributed by atoms with Gasteiger partial charge in [0.25, 0.3) is 0 Å². The van der Waals surface area contributed by atoms with Crippen LogP contribution in [0.1, 0.15) is 22.4 Å². The average molecular weight is 391 g/mol. The normalized spacial score (nSPS) is 11.1. The van der Waals surface area contributed by atoms with Crippen molar-refractivity contribution in [2.75, 3.05) is 0 Å². The van der Waals surface area contributed by atoms with E-state index in [9.17, 15) is 0 Å². The zero-order chi connectivity index (χ0) is 19.7. The minimum Gasteiger partial charge on any atom is -0.444 e. The lowest BCUT2D eigenvalue weighted by Crippen LogP contribution is -1.95. The summed E-state index contributed by atoms with van der Waals surface area (Å²) in [5, 5.41) is 9.56. The van der Waals surface area contributed by atoms with Gasteiger partial charge in [0.1, 0.15) is 6.26 Å². The largest absolute Gasteiger partial charge is 0.444 e. The summed E-state index contributed by atoms with van der Waals surface area (Å²) >= 11 is 1.60. The summed E-state index contributed by atoms with van der Waals surface area (Å²) in [6, 6.07) is 14.6. The predicted molar refractivity (Wildman–Crippen MR) is 112 cm³/mol. The highest BCUT2D eigenvalue weighted by Gasteiger charge is 2.14. The second-order valence-corrected chi connectivity index (χ2v) is 7.93. The van der Waals surface area contributed by atoms with Gasteiger partial charge in [0, 0.05) is 23.9 Å². The molecule has 0 saturated heterocycles. The van der Waals surface area contributed by atoms with Gasteiger partial charge < -0.3 is 8.98 Å². The standard InChI is InChI=1S/C22H22N4OS/c1-14-6-5-7-17(11-14)20-24-25-22(26(20)4)28-13-18-12-27-21(23-18)19-9-8-15(2)10-16(19)3/h5-12H,13H2,1-4H3. The van der Waals surface area contributed by atoms with E-state index in [1.165, 1.54) is 11.1 Å². The third-order valence-corrected chi connectivity index (χ3v) is 5.68. The molecule has 4 rings (SSSR count). The molecular weight excluding hydrogens is 368 g/mol. The Bertz CT molecular complexity index is 1130. The first-order valence-electron chi connectivity index (χ1n) is 9.12. The number of rotatable bonds is 5. The van der Waals surface area contributed by atoms with Crippen molar-refractivity contribution in [2.45, 2.75) is 31.7 Å². The zero-order valence-corrected chi connectivity index (χ0v) is 17.2. The molecule has 0 spiro atoms. The van der Waals surface area contributed by atoms with Gasteiger partial charge >= 0.3 is 0 Å². The first kappa shape index (κ1) is 18.5. The summed E-state index contributed by atoms with van der Waals surface area (Å²) in [6.45, 7) is 6.24. The van der Waals surface area contributed by atoms with Crippen LogP contribution in [0, 0.1) is 20.8 Å². The van der Waals surface area contributed by atoms with Crippen molar-refractivity contribution in [3.8, 4) is 22.8 Å². The van der Waals surface area contributed by atoms with Crippen molar-refractivity contribution in [3.05, 3.63) is 71.1 Å². The molecule has 0 amide bonds. The fourth-order valence-corrected chi connectivity index (χ4v) is 3.95. The van der Waals surface area contributed by atoms with Crippen LogP contribution in [0.15, 0.2) is 58.3 Å². The molecule has 0 unspecified atom stereocenters. The maximum absolute atomic E-state index is 5.71. The molecule has 0 aliphatic heterocycles. The number of hydrogen-bond acceptors (Lipinski definition) is 5. The van der Waals surface area contributed by atoms with Crippen LogP contribution < -0.4 is 0 Å². The van der Waals surface area contributed by atoms with Gasteiger partial charge in [-0.05, 0) is 38.5 Å². The molecule has 0 bridgehead atoms. The average Bonchev–Trinajstić information content (AvgIpc) is 3.27. The van der Waals surface area contributed by atoms with Crippen LogP contribution in [0.25, 0.3) is 22.8 Å². The molecule has 0 atom stereocenters. The smallest absolute Gasteiger partial charge is 0.226 e. The molecule has 28 heavy (non-hydrogen) atoms. The van der Waals surface area contributed by atoms with E-state index in [1.807, 2.05) is 17.7 Å². The molecule has 0 saturated carbocycles. The lowest BCUT2D eigenvalue weighted by atomic mass is 10.1. The van der Waals surface area contributed by atoms with E-state index in [4.69, 9.17) is 4.42 Å².